The normalized spacial score (nSPS) is 18.4. The third-order valence-electron chi connectivity index (χ3n) is 7.67. The molecule has 7 nitrogen and oxygen atoms in total. The SMILES string of the molecule is CCOC(=O)C1=C(C)NC2=C(C(=O)C[C@H](c3ccc(OC)c(OC)c3)C2)[C@H]1c1ccccc1OCc1ccccc1. The number of ketones is 1. The standard InChI is InChI=1S/C34H35NO6/c1-5-40-34(37)31-21(2)35-26-17-24(23-15-16-29(38-3)30(19-23)39-4)18-27(36)33(26)32(31)25-13-9-10-14-28(25)41-20-22-11-7-6-8-12-22/h6-16,19,24,32,35H,5,17-18,20H2,1-4H3/t24-,32+/m1/s1. The number of para-hydroxylation sites is 1. The molecule has 212 valence electrons. The summed E-state index contributed by atoms with van der Waals surface area (Å²) in [6, 6.07) is 23.3. The Morgan fingerprint density at radius 2 is 1.63 bits per heavy atom. The molecule has 0 unspecified atom stereocenters. The largest absolute Gasteiger partial charge is 0.493 e. The number of nitrogens with one attached hydrogen (secondary N) is 1. The first-order valence-electron chi connectivity index (χ1n) is 13.8. The fourth-order valence-corrected chi connectivity index (χ4v) is 5.76. The summed E-state index contributed by atoms with van der Waals surface area (Å²) in [7, 11) is 3.20. The van der Waals surface area contributed by atoms with Crippen LogP contribution in [0, 0.1) is 0 Å². The highest BCUT2D eigenvalue weighted by atomic mass is 16.5. The summed E-state index contributed by atoms with van der Waals surface area (Å²) in [5.41, 5.74) is 5.28. The van der Waals surface area contributed by atoms with Crippen molar-refractivity contribution >= 4 is 11.8 Å². The summed E-state index contributed by atoms with van der Waals surface area (Å²) in [4.78, 5) is 27.4. The van der Waals surface area contributed by atoms with E-state index in [1.54, 1.807) is 21.1 Å². The number of esters is 1. The van der Waals surface area contributed by atoms with Gasteiger partial charge in [0, 0.05) is 29.0 Å². The smallest absolute Gasteiger partial charge is 0.336 e. The van der Waals surface area contributed by atoms with E-state index in [1.165, 1.54) is 0 Å². The molecule has 1 heterocycles. The number of carbonyl (C=O) groups is 2. The topological polar surface area (TPSA) is 83.1 Å². The van der Waals surface area contributed by atoms with Gasteiger partial charge in [0.15, 0.2) is 17.3 Å². The van der Waals surface area contributed by atoms with E-state index in [0.29, 0.717) is 53.5 Å². The molecule has 5 rings (SSSR count). The first-order valence-corrected chi connectivity index (χ1v) is 13.8. The summed E-state index contributed by atoms with van der Waals surface area (Å²) in [6.07, 6.45) is 0.905. The average Bonchev–Trinajstić information content (AvgIpc) is 2.99. The van der Waals surface area contributed by atoms with Crippen molar-refractivity contribution in [1.29, 1.82) is 0 Å². The minimum atomic E-state index is -0.615. The monoisotopic (exact) mass is 553 g/mol. The van der Waals surface area contributed by atoms with Gasteiger partial charge in [0.2, 0.25) is 0 Å². The highest BCUT2D eigenvalue weighted by Crippen LogP contribution is 2.48. The number of carbonyl (C=O) groups excluding carboxylic acids is 2. The van der Waals surface area contributed by atoms with E-state index in [-0.39, 0.29) is 18.3 Å². The lowest BCUT2D eigenvalue weighted by atomic mass is 9.71. The minimum Gasteiger partial charge on any atom is -0.493 e. The van der Waals surface area contributed by atoms with Crippen molar-refractivity contribution < 1.29 is 28.5 Å². The molecule has 0 spiro atoms. The second-order valence-electron chi connectivity index (χ2n) is 10.2. The van der Waals surface area contributed by atoms with Crippen molar-refractivity contribution in [2.24, 2.45) is 0 Å². The van der Waals surface area contributed by atoms with E-state index in [2.05, 4.69) is 5.32 Å². The second kappa shape index (κ2) is 12.3. The van der Waals surface area contributed by atoms with E-state index in [0.717, 1.165) is 22.4 Å². The molecule has 1 aliphatic carbocycles. The second-order valence-corrected chi connectivity index (χ2v) is 10.2. The number of ether oxygens (including phenoxy) is 4. The van der Waals surface area contributed by atoms with Gasteiger partial charge in [-0.2, -0.15) is 0 Å². The number of rotatable bonds is 9. The lowest BCUT2D eigenvalue weighted by Gasteiger charge is -2.37. The number of hydrogen-bond acceptors (Lipinski definition) is 7. The van der Waals surface area contributed by atoms with Gasteiger partial charge in [0.1, 0.15) is 12.4 Å². The predicted octanol–water partition coefficient (Wildman–Crippen LogP) is 6.21. The van der Waals surface area contributed by atoms with Crippen LogP contribution in [-0.2, 0) is 20.9 Å². The van der Waals surface area contributed by atoms with Crippen molar-refractivity contribution in [1.82, 2.24) is 5.32 Å². The molecule has 3 aromatic carbocycles. The first kappa shape index (κ1) is 28.0. The Hall–Kier alpha value is -4.52. The predicted molar refractivity (Wildman–Crippen MR) is 156 cm³/mol. The van der Waals surface area contributed by atoms with Crippen molar-refractivity contribution in [3.63, 3.8) is 0 Å². The first-order chi connectivity index (χ1) is 19.9. The van der Waals surface area contributed by atoms with Crippen LogP contribution in [-0.4, -0.2) is 32.6 Å². The zero-order valence-corrected chi connectivity index (χ0v) is 23.9. The third-order valence-corrected chi connectivity index (χ3v) is 7.67. The molecule has 2 atom stereocenters. The lowest BCUT2D eigenvalue weighted by Crippen LogP contribution is -2.36. The van der Waals surface area contributed by atoms with Crippen molar-refractivity contribution in [3.05, 3.63) is 112 Å². The highest BCUT2D eigenvalue weighted by molar-refractivity contribution is 6.04. The molecule has 0 saturated carbocycles. The van der Waals surface area contributed by atoms with Gasteiger partial charge in [0.25, 0.3) is 0 Å². The zero-order chi connectivity index (χ0) is 28.9. The van der Waals surface area contributed by atoms with Gasteiger partial charge in [-0.05, 0) is 55.5 Å². The Balaban J connectivity index is 1.56. The molecule has 1 aliphatic heterocycles. The van der Waals surface area contributed by atoms with E-state index in [4.69, 9.17) is 18.9 Å². The molecule has 7 heteroatoms. The number of allylic oxidation sites excluding steroid dienone is 3. The number of benzene rings is 3. The van der Waals surface area contributed by atoms with Gasteiger partial charge < -0.3 is 24.3 Å². The fraction of sp³-hybridized carbons (Fsp3) is 0.294. The van der Waals surface area contributed by atoms with E-state index >= 15 is 0 Å². The minimum absolute atomic E-state index is 0.0179. The Bertz CT molecular complexity index is 1510. The Morgan fingerprint density at radius 1 is 0.902 bits per heavy atom. The van der Waals surface area contributed by atoms with Crippen LogP contribution in [0.15, 0.2) is 95.3 Å². The average molecular weight is 554 g/mol. The Labute approximate surface area is 240 Å². The molecular formula is C34H35NO6. The van der Waals surface area contributed by atoms with E-state index in [9.17, 15) is 9.59 Å². The van der Waals surface area contributed by atoms with Crippen LogP contribution in [0.4, 0.5) is 0 Å². The highest BCUT2D eigenvalue weighted by Gasteiger charge is 2.42. The number of methoxy groups -OCH3 is 2. The fourth-order valence-electron chi connectivity index (χ4n) is 5.76. The van der Waals surface area contributed by atoms with Crippen molar-refractivity contribution in [3.8, 4) is 17.2 Å². The van der Waals surface area contributed by atoms with Crippen LogP contribution in [0.3, 0.4) is 0 Å². The van der Waals surface area contributed by atoms with Crippen LogP contribution >= 0.6 is 0 Å². The molecule has 41 heavy (non-hydrogen) atoms. The van der Waals surface area contributed by atoms with Gasteiger partial charge in [-0.1, -0.05) is 54.6 Å². The van der Waals surface area contributed by atoms with Gasteiger partial charge in [-0.15, -0.1) is 0 Å². The third kappa shape index (κ3) is 5.71. The number of hydrogen-bond donors (Lipinski definition) is 1. The molecule has 0 aromatic heterocycles. The Kier molecular flexibility index (Phi) is 8.43. The molecule has 2 aliphatic rings. The summed E-state index contributed by atoms with van der Waals surface area (Å²) >= 11 is 0. The quantitative estimate of drug-likeness (QED) is 0.316. The maximum atomic E-state index is 14.0. The maximum Gasteiger partial charge on any atom is 0.336 e. The van der Waals surface area contributed by atoms with Crippen LogP contribution in [0.2, 0.25) is 0 Å². The molecule has 0 fully saturated rings. The Morgan fingerprint density at radius 3 is 2.37 bits per heavy atom. The van der Waals surface area contributed by atoms with Gasteiger partial charge >= 0.3 is 5.97 Å². The lowest BCUT2D eigenvalue weighted by molar-refractivity contribution is -0.138. The summed E-state index contributed by atoms with van der Waals surface area (Å²) in [5.74, 6) is 0.750. The van der Waals surface area contributed by atoms with Gasteiger partial charge in [0.05, 0.1) is 32.3 Å². The summed E-state index contributed by atoms with van der Waals surface area (Å²) in [6.45, 7) is 4.23. The van der Waals surface area contributed by atoms with Crippen molar-refractivity contribution in [2.75, 3.05) is 20.8 Å². The molecule has 1 N–H and O–H groups in total. The van der Waals surface area contributed by atoms with Crippen LogP contribution in [0.25, 0.3) is 0 Å². The number of dihydropyridines is 1. The van der Waals surface area contributed by atoms with Crippen molar-refractivity contribution in [2.45, 2.75) is 45.1 Å². The van der Waals surface area contributed by atoms with E-state index < -0.39 is 11.9 Å². The number of Topliss-reactive ketones (excluding diaryl/α,β-unsaturated/α-hetero) is 1. The summed E-state index contributed by atoms with van der Waals surface area (Å²) in [5, 5.41) is 3.41. The molecule has 0 radical (unpaired) electrons. The van der Waals surface area contributed by atoms with Gasteiger partial charge in [-0.3, -0.25) is 4.79 Å². The maximum absolute atomic E-state index is 14.0. The summed E-state index contributed by atoms with van der Waals surface area (Å²) < 4.78 is 22.7. The van der Waals surface area contributed by atoms with Crippen LogP contribution < -0.4 is 19.5 Å². The molecular weight excluding hydrogens is 518 g/mol. The molecule has 0 bridgehead atoms. The molecule has 0 amide bonds. The van der Waals surface area contributed by atoms with Crippen LogP contribution in [0.1, 0.15) is 55.2 Å². The van der Waals surface area contributed by atoms with Crippen LogP contribution in [0.5, 0.6) is 17.2 Å². The zero-order valence-electron chi connectivity index (χ0n) is 23.9. The molecule has 0 saturated heterocycles. The molecule has 3 aromatic rings. The van der Waals surface area contributed by atoms with E-state index in [1.807, 2.05) is 79.7 Å². The van der Waals surface area contributed by atoms with Gasteiger partial charge in [-0.25, -0.2) is 4.79 Å².